The molecule has 0 saturated carbocycles. The lowest BCUT2D eigenvalue weighted by Crippen LogP contribution is -2.42. The fourth-order valence-electron chi connectivity index (χ4n) is 2.34. The molecule has 2 atom stereocenters. The quantitative estimate of drug-likeness (QED) is 0.872. The van der Waals surface area contributed by atoms with Gasteiger partial charge in [-0.25, -0.2) is 0 Å². The van der Waals surface area contributed by atoms with Crippen LogP contribution in [0, 0.1) is 11.8 Å². The fourth-order valence-corrected chi connectivity index (χ4v) is 2.34. The molecular weight excluding hydrogens is 236 g/mol. The number of benzene rings is 1. The van der Waals surface area contributed by atoms with Crippen LogP contribution in [0.4, 0.5) is 0 Å². The van der Waals surface area contributed by atoms with Gasteiger partial charge in [-0.15, -0.1) is 0 Å². The second-order valence-electron chi connectivity index (χ2n) is 5.80. The van der Waals surface area contributed by atoms with Gasteiger partial charge in [-0.1, -0.05) is 45.0 Å². The number of hydrogen-bond donors (Lipinski definition) is 2. The van der Waals surface area contributed by atoms with E-state index < -0.39 is 0 Å². The topological polar surface area (TPSA) is 41.1 Å². The SMILES string of the molecule is CC(C)C(C)CNC(=O)C1NCCc2ccccc21. The van der Waals surface area contributed by atoms with Crippen LogP contribution in [0.25, 0.3) is 0 Å². The van der Waals surface area contributed by atoms with Crippen molar-refractivity contribution in [2.45, 2.75) is 33.2 Å². The van der Waals surface area contributed by atoms with Crippen molar-refractivity contribution in [2.24, 2.45) is 11.8 Å². The molecule has 1 aromatic rings. The Labute approximate surface area is 115 Å². The molecule has 1 aliphatic rings. The standard InChI is InChI=1S/C16H24N2O/c1-11(2)12(3)10-18-16(19)15-14-7-5-4-6-13(14)8-9-17-15/h4-7,11-12,15,17H,8-10H2,1-3H3,(H,18,19). The third-order valence-electron chi connectivity index (χ3n) is 4.11. The molecule has 104 valence electrons. The van der Waals surface area contributed by atoms with E-state index in [4.69, 9.17) is 0 Å². The van der Waals surface area contributed by atoms with Crippen LogP contribution in [0.15, 0.2) is 24.3 Å². The van der Waals surface area contributed by atoms with Crippen molar-refractivity contribution < 1.29 is 4.79 Å². The molecule has 0 spiro atoms. The van der Waals surface area contributed by atoms with Crippen molar-refractivity contribution in [3.63, 3.8) is 0 Å². The lowest BCUT2D eigenvalue weighted by Gasteiger charge is -2.27. The Balaban J connectivity index is 2.01. The van der Waals surface area contributed by atoms with E-state index in [9.17, 15) is 4.79 Å². The van der Waals surface area contributed by atoms with Gasteiger partial charge in [-0.2, -0.15) is 0 Å². The van der Waals surface area contributed by atoms with Gasteiger partial charge in [-0.3, -0.25) is 4.79 Å². The van der Waals surface area contributed by atoms with Crippen molar-refractivity contribution in [3.05, 3.63) is 35.4 Å². The number of nitrogens with one attached hydrogen (secondary N) is 2. The average molecular weight is 260 g/mol. The van der Waals surface area contributed by atoms with E-state index in [-0.39, 0.29) is 11.9 Å². The highest BCUT2D eigenvalue weighted by Gasteiger charge is 2.25. The maximum absolute atomic E-state index is 12.3. The second kappa shape index (κ2) is 6.20. The normalized spacial score (nSPS) is 19.9. The van der Waals surface area contributed by atoms with Crippen LogP contribution in [0.2, 0.25) is 0 Å². The summed E-state index contributed by atoms with van der Waals surface area (Å²) in [5.74, 6) is 1.19. The van der Waals surface area contributed by atoms with E-state index >= 15 is 0 Å². The van der Waals surface area contributed by atoms with Crippen LogP contribution < -0.4 is 10.6 Å². The monoisotopic (exact) mass is 260 g/mol. The molecule has 3 nitrogen and oxygen atoms in total. The Bertz CT molecular complexity index is 442. The van der Waals surface area contributed by atoms with E-state index in [1.807, 2.05) is 12.1 Å². The molecule has 1 heterocycles. The number of carbonyl (C=O) groups excluding carboxylic acids is 1. The second-order valence-corrected chi connectivity index (χ2v) is 5.80. The van der Waals surface area contributed by atoms with Gasteiger partial charge in [0.25, 0.3) is 0 Å². The highest BCUT2D eigenvalue weighted by atomic mass is 16.2. The Hall–Kier alpha value is -1.35. The first-order chi connectivity index (χ1) is 9.09. The number of amides is 1. The van der Waals surface area contributed by atoms with E-state index in [1.54, 1.807) is 0 Å². The third-order valence-corrected chi connectivity index (χ3v) is 4.11. The molecule has 1 aromatic carbocycles. The Morgan fingerprint density at radius 2 is 2.11 bits per heavy atom. The minimum Gasteiger partial charge on any atom is -0.354 e. The van der Waals surface area contributed by atoms with Crippen LogP contribution in [0.3, 0.4) is 0 Å². The summed E-state index contributed by atoms with van der Waals surface area (Å²) in [4.78, 5) is 12.3. The highest BCUT2D eigenvalue weighted by Crippen LogP contribution is 2.22. The van der Waals surface area contributed by atoms with Crippen molar-refractivity contribution in [1.82, 2.24) is 10.6 Å². The fraction of sp³-hybridized carbons (Fsp3) is 0.562. The van der Waals surface area contributed by atoms with Crippen LogP contribution in [0.1, 0.15) is 37.9 Å². The summed E-state index contributed by atoms with van der Waals surface area (Å²) in [7, 11) is 0. The Kier molecular flexibility index (Phi) is 4.59. The molecule has 0 radical (unpaired) electrons. The predicted octanol–water partition coefficient (Wildman–Crippen LogP) is 2.28. The number of rotatable bonds is 4. The summed E-state index contributed by atoms with van der Waals surface area (Å²) in [6, 6.07) is 8.03. The van der Waals surface area contributed by atoms with Crippen LogP contribution >= 0.6 is 0 Å². The zero-order valence-electron chi connectivity index (χ0n) is 12.1. The summed E-state index contributed by atoms with van der Waals surface area (Å²) >= 11 is 0. The van der Waals surface area contributed by atoms with Gasteiger partial charge in [0, 0.05) is 13.1 Å². The molecule has 1 aliphatic heterocycles. The van der Waals surface area contributed by atoms with Crippen LogP contribution in [-0.4, -0.2) is 19.0 Å². The number of carbonyl (C=O) groups is 1. The molecule has 0 fully saturated rings. The molecule has 0 bridgehead atoms. The zero-order valence-corrected chi connectivity index (χ0v) is 12.1. The van der Waals surface area contributed by atoms with Crippen molar-refractivity contribution >= 4 is 5.91 Å². The molecule has 3 heteroatoms. The molecule has 2 unspecified atom stereocenters. The molecule has 2 rings (SSSR count). The van der Waals surface area contributed by atoms with Crippen molar-refractivity contribution in [1.29, 1.82) is 0 Å². The van der Waals surface area contributed by atoms with E-state index in [0.29, 0.717) is 11.8 Å². The van der Waals surface area contributed by atoms with Gasteiger partial charge in [0.2, 0.25) is 5.91 Å². The summed E-state index contributed by atoms with van der Waals surface area (Å²) < 4.78 is 0. The predicted molar refractivity (Wildman–Crippen MR) is 77.9 cm³/mol. The minimum absolute atomic E-state index is 0.0969. The largest absolute Gasteiger partial charge is 0.354 e. The van der Waals surface area contributed by atoms with Crippen LogP contribution in [0.5, 0.6) is 0 Å². The summed E-state index contributed by atoms with van der Waals surface area (Å²) in [6.07, 6.45) is 1.00. The smallest absolute Gasteiger partial charge is 0.241 e. The molecule has 19 heavy (non-hydrogen) atoms. The third kappa shape index (κ3) is 3.35. The van der Waals surface area contributed by atoms with Gasteiger partial charge in [-0.05, 0) is 29.4 Å². The lowest BCUT2D eigenvalue weighted by molar-refractivity contribution is -0.123. The molecule has 0 saturated heterocycles. The molecular formula is C16H24N2O. The minimum atomic E-state index is -0.190. The zero-order chi connectivity index (χ0) is 13.8. The maximum atomic E-state index is 12.3. The van der Waals surface area contributed by atoms with Crippen molar-refractivity contribution in [2.75, 3.05) is 13.1 Å². The van der Waals surface area contributed by atoms with Crippen LogP contribution in [-0.2, 0) is 11.2 Å². The maximum Gasteiger partial charge on any atom is 0.241 e. The van der Waals surface area contributed by atoms with Gasteiger partial charge in [0.1, 0.15) is 6.04 Å². The molecule has 1 amide bonds. The number of hydrogen-bond acceptors (Lipinski definition) is 2. The first-order valence-electron chi connectivity index (χ1n) is 7.18. The molecule has 2 N–H and O–H groups in total. The summed E-state index contributed by atoms with van der Waals surface area (Å²) in [5, 5.41) is 6.39. The molecule has 0 aromatic heterocycles. The Morgan fingerprint density at radius 1 is 1.37 bits per heavy atom. The Morgan fingerprint density at radius 3 is 2.84 bits per heavy atom. The molecule has 0 aliphatic carbocycles. The van der Waals surface area contributed by atoms with Gasteiger partial charge >= 0.3 is 0 Å². The average Bonchev–Trinajstić information content (AvgIpc) is 2.43. The van der Waals surface area contributed by atoms with Gasteiger partial charge in [0.15, 0.2) is 0 Å². The first-order valence-corrected chi connectivity index (χ1v) is 7.18. The highest BCUT2D eigenvalue weighted by molar-refractivity contribution is 5.83. The van der Waals surface area contributed by atoms with E-state index in [1.165, 1.54) is 5.56 Å². The van der Waals surface area contributed by atoms with Crippen molar-refractivity contribution in [3.8, 4) is 0 Å². The van der Waals surface area contributed by atoms with Gasteiger partial charge in [0.05, 0.1) is 0 Å². The summed E-state index contributed by atoms with van der Waals surface area (Å²) in [5.41, 5.74) is 2.42. The van der Waals surface area contributed by atoms with E-state index in [0.717, 1.165) is 25.1 Å². The first kappa shape index (κ1) is 14.1. The van der Waals surface area contributed by atoms with E-state index in [2.05, 4.69) is 43.5 Å². The summed E-state index contributed by atoms with van der Waals surface area (Å²) in [6.45, 7) is 8.16. The van der Waals surface area contributed by atoms with Gasteiger partial charge < -0.3 is 10.6 Å². The number of fused-ring (bicyclic) bond motifs is 1. The lowest BCUT2D eigenvalue weighted by atomic mass is 9.93.